The van der Waals surface area contributed by atoms with E-state index in [0.29, 0.717) is 12.0 Å². The number of hydrogen-bond donors (Lipinski definition) is 1. The molecule has 0 spiro atoms. The second-order valence-electron chi connectivity index (χ2n) is 8.23. The highest BCUT2D eigenvalue weighted by molar-refractivity contribution is 5.81. The first-order valence-corrected chi connectivity index (χ1v) is 10.5. The van der Waals surface area contributed by atoms with Gasteiger partial charge >= 0.3 is 0 Å². The number of amides is 1. The maximum Gasteiger partial charge on any atom is 0.223 e. The van der Waals surface area contributed by atoms with Crippen molar-refractivity contribution in [1.82, 2.24) is 0 Å². The maximum absolute atomic E-state index is 14.8. The fraction of sp³-hybridized carbons (Fsp3) is 0.269. The lowest BCUT2D eigenvalue weighted by molar-refractivity contribution is -0.127. The quantitative estimate of drug-likeness (QED) is 0.524. The molecule has 1 saturated carbocycles. The minimum Gasteiger partial charge on any atom is -0.485 e. The van der Waals surface area contributed by atoms with Gasteiger partial charge in [-0.3, -0.25) is 4.79 Å². The van der Waals surface area contributed by atoms with Gasteiger partial charge in [-0.2, -0.15) is 0 Å². The lowest BCUT2D eigenvalue weighted by Gasteiger charge is -2.25. The Kier molecular flexibility index (Phi) is 6.03. The number of para-hydroxylation sites is 1. The van der Waals surface area contributed by atoms with Gasteiger partial charge in [-0.25, -0.2) is 8.78 Å². The van der Waals surface area contributed by atoms with Crippen molar-refractivity contribution in [2.45, 2.75) is 38.7 Å². The van der Waals surface area contributed by atoms with Gasteiger partial charge in [0.1, 0.15) is 12.4 Å². The van der Waals surface area contributed by atoms with E-state index in [4.69, 9.17) is 10.5 Å². The molecule has 3 aromatic carbocycles. The lowest BCUT2D eigenvalue weighted by Crippen LogP contribution is -2.36. The minimum absolute atomic E-state index is 0.00730. The molecule has 1 fully saturated rings. The van der Waals surface area contributed by atoms with Crippen LogP contribution < -0.4 is 10.5 Å². The summed E-state index contributed by atoms with van der Waals surface area (Å²) in [6.45, 7) is 0.168. The summed E-state index contributed by atoms with van der Waals surface area (Å²) in [5, 5.41) is 0. The molecule has 2 N–H and O–H groups in total. The van der Waals surface area contributed by atoms with Crippen LogP contribution in [0.2, 0.25) is 0 Å². The molecule has 31 heavy (non-hydrogen) atoms. The fourth-order valence-corrected chi connectivity index (χ4v) is 4.44. The molecular weight excluding hydrogens is 396 g/mol. The van der Waals surface area contributed by atoms with Crippen LogP contribution in [0.25, 0.3) is 11.1 Å². The fourth-order valence-electron chi connectivity index (χ4n) is 4.44. The number of nitrogens with two attached hydrogens (primary N) is 1. The van der Waals surface area contributed by atoms with E-state index in [-0.39, 0.29) is 23.8 Å². The molecule has 0 unspecified atom stereocenters. The predicted octanol–water partition coefficient (Wildman–Crippen LogP) is 5.80. The Morgan fingerprint density at radius 2 is 1.61 bits per heavy atom. The molecule has 0 saturated heterocycles. The van der Waals surface area contributed by atoms with Gasteiger partial charge in [-0.1, -0.05) is 61.4 Å². The molecule has 0 bridgehead atoms. The molecule has 3 nitrogen and oxygen atoms in total. The van der Waals surface area contributed by atoms with Crippen molar-refractivity contribution in [2.75, 3.05) is 0 Å². The highest BCUT2D eigenvalue weighted by atomic mass is 19.1. The van der Waals surface area contributed by atoms with Crippen molar-refractivity contribution in [3.8, 4) is 16.9 Å². The van der Waals surface area contributed by atoms with Gasteiger partial charge in [0.15, 0.2) is 11.6 Å². The van der Waals surface area contributed by atoms with Gasteiger partial charge in [-0.05, 0) is 48.6 Å². The lowest BCUT2D eigenvalue weighted by atomic mass is 9.79. The Balaban J connectivity index is 1.67. The minimum atomic E-state index is -0.594. The van der Waals surface area contributed by atoms with E-state index < -0.39 is 17.0 Å². The SMILES string of the molecule is NC(=O)C1(Cc2ccc(F)c(-c3cccc(F)c3OCc3ccccc3)c2)CCCC1. The number of rotatable bonds is 7. The molecule has 1 amide bonds. The van der Waals surface area contributed by atoms with E-state index in [0.717, 1.165) is 36.8 Å². The first kappa shape index (κ1) is 21.0. The van der Waals surface area contributed by atoms with E-state index in [1.165, 1.54) is 18.2 Å². The van der Waals surface area contributed by atoms with E-state index in [1.807, 2.05) is 30.3 Å². The molecule has 0 aliphatic heterocycles. The number of carbonyl (C=O) groups excluding carboxylic acids is 1. The summed E-state index contributed by atoms with van der Waals surface area (Å²) in [5.41, 5.74) is 7.40. The first-order chi connectivity index (χ1) is 15.0. The largest absolute Gasteiger partial charge is 0.485 e. The van der Waals surface area contributed by atoms with Crippen LogP contribution in [0.1, 0.15) is 36.8 Å². The zero-order chi connectivity index (χ0) is 21.8. The van der Waals surface area contributed by atoms with Crippen molar-refractivity contribution in [3.05, 3.63) is 89.5 Å². The second-order valence-corrected chi connectivity index (χ2v) is 8.23. The van der Waals surface area contributed by atoms with Crippen molar-refractivity contribution < 1.29 is 18.3 Å². The number of halogens is 2. The molecule has 0 radical (unpaired) electrons. The summed E-state index contributed by atoms with van der Waals surface area (Å²) in [6, 6.07) is 18.6. The van der Waals surface area contributed by atoms with Gasteiger partial charge in [0.05, 0.1) is 5.41 Å². The van der Waals surface area contributed by atoms with E-state index >= 15 is 0 Å². The van der Waals surface area contributed by atoms with Crippen LogP contribution in [0.3, 0.4) is 0 Å². The molecule has 1 aliphatic rings. The van der Waals surface area contributed by atoms with E-state index in [2.05, 4.69) is 0 Å². The molecule has 1 aliphatic carbocycles. The zero-order valence-electron chi connectivity index (χ0n) is 17.2. The summed E-state index contributed by atoms with van der Waals surface area (Å²) in [5.74, 6) is -1.33. The number of carbonyl (C=O) groups is 1. The van der Waals surface area contributed by atoms with Crippen molar-refractivity contribution >= 4 is 5.91 Å². The molecule has 160 valence electrons. The van der Waals surface area contributed by atoms with Gasteiger partial charge in [0.2, 0.25) is 5.91 Å². The molecule has 0 atom stereocenters. The van der Waals surface area contributed by atoms with Crippen LogP contribution in [-0.4, -0.2) is 5.91 Å². The van der Waals surface area contributed by atoms with Crippen LogP contribution in [-0.2, 0) is 17.8 Å². The van der Waals surface area contributed by atoms with E-state index in [1.54, 1.807) is 18.2 Å². The smallest absolute Gasteiger partial charge is 0.223 e. The summed E-state index contributed by atoms with van der Waals surface area (Å²) in [7, 11) is 0. The Labute approximate surface area is 180 Å². The van der Waals surface area contributed by atoms with Gasteiger partial charge in [0.25, 0.3) is 0 Å². The zero-order valence-corrected chi connectivity index (χ0v) is 17.2. The Morgan fingerprint density at radius 3 is 2.32 bits per heavy atom. The average molecular weight is 421 g/mol. The second kappa shape index (κ2) is 8.88. The van der Waals surface area contributed by atoms with Crippen molar-refractivity contribution in [2.24, 2.45) is 11.1 Å². The third-order valence-corrected chi connectivity index (χ3v) is 6.14. The Bertz CT molecular complexity index is 1080. The molecule has 4 rings (SSSR count). The van der Waals surface area contributed by atoms with Gasteiger partial charge in [-0.15, -0.1) is 0 Å². The third-order valence-electron chi connectivity index (χ3n) is 6.14. The van der Waals surface area contributed by atoms with Gasteiger partial charge < -0.3 is 10.5 Å². The highest BCUT2D eigenvalue weighted by Crippen LogP contribution is 2.42. The first-order valence-electron chi connectivity index (χ1n) is 10.5. The molecule has 3 aromatic rings. The number of benzene rings is 3. The highest BCUT2D eigenvalue weighted by Gasteiger charge is 2.39. The van der Waals surface area contributed by atoms with E-state index in [9.17, 15) is 13.6 Å². The number of hydrogen-bond acceptors (Lipinski definition) is 2. The Hall–Kier alpha value is -3.21. The van der Waals surface area contributed by atoms with Crippen LogP contribution in [0, 0.1) is 17.0 Å². The topological polar surface area (TPSA) is 52.3 Å². The van der Waals surface area contributed by atoms with Crippen molar-refractivity contribution in [1.29, 1.82) is 0 Å². The predicted molar refractivity (Wildman–Crippen MR) is 116 cm³/mol. The molecule has 5 heteroatoms. The van der Waals surface area contributed by atoms with Crippen LogP contribution in [0.4, 0.5) is 8.78 Å². The van der Waals surface area contributed by atoms with Crippen LogP contribution in [0.15, 0.2) is 66.7 Å². The number of ether oxygens (including phenoxy) is 1. The molecule has 0 heterocycles. The normalized spacial score (nSPS) is 15.0. The Morgan fingerprint density at radius 1 is 0.871 bits per heavy atom. The molecular formula is C26H25F2NO2. The third kappa shape index (κ3) is 4.46. The van der Waals surface area contributed by atoms with Crippen molar-refractivity contribution in [3.63, 3.8) is 0 Å². The van der Waals surface area contributed by atoms with Crippen LogP contribution >= 0.6 is 0 Å². The summed E-state index contributed by atoms with van der Waals surface area (Å²) in [6.07, 6.45) is 3.84. The molecule has 0 aromatic heterocycles. The summed E-state index contributed by atoms with van der Waals surface area (Å²) < 4.78 is 35.3. The van der Waals surface area contributed by atoms with Crippen LogP contribution in [0.5, 0.6) is 5.75 Å². The maximum atomic E-state index is 14.8. The van der Waals surface area contributed by atoms with Gasteiger partial charge in [0, 0.05) is 11.1 Å². The summed E-state index contributed by atoms with van der Waals surface area (Å²) >= 11 is 0. The standard InChI is InChI=1S/C26H25F2NO2/c27-22-12-11-19(16-26(25(29)30)13-4-5-14-26)15-21(22)20-9-6-10-23(28)24(20)31-17-18-7-2-1-3-8-18/h1-3,6-12,15H,4-5,13-14,16-17H2,(H2,29,30). The summed E-state index contributed by atoms with van der Waals surface area (Å²) in [4.78, 5) is 12.1. The monoisotopic (exact) mass is 421 g/mol. The average Bonchev–Trinajstić information content (AvgIpc) is 3.25. The number of primary amides is 1.